The lowest BCUT2D eigenvalue weighted by atomic mass is 9.97. The van der Waals surface area contributed by atoms with Crippen molar-refractivity contribution < 1.29 is 4.74 Å². The zero-order valence-corrected chi connectivity index (χ0v) is 12.5. The van der Waals surface area contributed by atoms with Crippen molar-refractivity contribution in [3.8, 4) is 0 Å². The van der Waals surface area contributed by atoms with Crippen LogP contribution in [0.15, 0.2) is 23.1 Å². The molecule has 5 heteroatoms. The van der Waals surface area contributed by atoms with Gasteiger partial charge in [-0.15, -0.1) is 0 Å². The molecule has 19 heavy (non-hydrogen) atoms. The van der Waals surface area contributed by atoms with Gasteiger partial charge in [0.1, 0.15) is 0 Å². The average Bonchev–Trinajstić information content (AvgIpc) is 2.41. The highest BCUT2D eigenvalue weighted by Gasteiger charge is 2.20. The Hall–Kier alpha value is -0.910. The van der Waals surface area contributed by atoms with Crippen molar-refractivity contribution in [2.24, 2.45) is 5.92 Å². The summed E-state index contributed by atoms with van der Waals surface area (Å²) in [5.74, 6) is 0.696. The van der Waals surface area contributed by atoms with E-state index >= 15 is 0 Å². The van der Waals surface area contributed by atoms with Gasteiger partial charge in [-0.2, -0.15) is 0 Å². The van der Waals surface area contributed by atoms with E-state index in [9.17, 15) is 0 Å². The number of hydrogen-bond donors (Lipinski definition) is 2. The van der Waals surface area contributed by atoms with E-state index in [0.717, 1.165) is 36.0 Å². The van der Waals surface area contributed by atoms with Crippen molar-refractivity contribution in [2.45, 2.75) is 17.7 Å². The molecule has 0 unspecified atom stereocenters. The van der Waals surface area contributed by atoms with Crippen molar-refractivity contribution >= 4 is 23.3 Å². The summed E-state index contributed by atoms with van der Waals surface area (Å²) in [6, 6.07) is 6.29. The Kier molecular flexibility index (Phi) is 5.36. The summed E-state index contributed by atoms with van der Waals surface area (Å²) < 4.78 is 8.30. The van der Waals surface area contributed by atoms with Crippen LogP contribution in [0.4, 0.5) is 11.4 Å². The molecule has 1 aliphatic rings. The van der Waals surface area contributed by atoms with Crippen LogP contribution < -0.4 is 15.4 Å². The molecular formula is C14H23N3OS. The molecule has 0 amide bonds. The van der Waals surface area contributed by atoms with Gasteiger partial charge >= 0.3 is 0 Å². The molecule has 0 aliphatic carbocycles. The van der Waals surface area contributed by atoms with Crippen molar-refractivity contribution in [3.63, 3.8) is 0 Å². The highest BCUT2D eigenvalue weighted by Crippen LogP contribution is 2.30. The molecule has 0 radical (unpaired) electrons. The van der Waals surface area contributed by atoms with E-state index in [1.165, 1.54) is 12.8 Å². The SMILES string of the molecule is CNSc1ccc(N2CCC(COC)CC2)c(N)c1. The zero-order chi connectivity index (χ0) is 13.7. The second kappa shape index (κ2) is 7.03. The van der Waals surface area contributed by atoms with E-state index in [0.29, 0.717) is 5.92 Å². The number of hydrogen-bond acceptors (Lipinski definition) is 5. The van der Waals surface area contributed by atoms with Crippen molar-refractivity contribution in [2.75, 3.05) is 44.5 Å². The number of nitrogen functional groups attached to an aromatic ring is 1. The van der Waals surface area contributed by atoms with E-state index in [1.54, 1.807) is 19.1 Å². The standard InChI is InChI=1S/C14H23N3OS/c1-16-19-12-3-4-14(13(15)9-12)17-7-5-11(6-8-17)10-18-2/h3-4,9,11,16H,5-8,10,15H2,1-2H3. The van der Waals surface area contributed by atoms with Crippen LogP contribution >= 0.6 is 11.9 Å². The largest absolute Gasteiger partial charge is 0.397 e. The van der Waals surface area contributed by atoms with Gasteiger partial charge < -0.3 is 15.4 Å². The number of nitrogens with two attached hydrogens (primary N) is 1. The Morgan fingerprint density at radius 2 is 2.16 bits per heavy atom. The molecule has 4 nitrogen and oxygen atoms in total. The van der Waals surface area contributed by atoms with Gasteiger partial charge in [-0.25, -0.2) is 0 Å². The number of ether oxygens (including phenoxy) is 1. The van der Waals surface area contributed by atoms with Crippen LogP contribution in [0.1, 0.15) is 12.8 Å². The summed E-state index contributed by atoms with van der Waals surface area (Å²) in [6.07, 6.45) is 2.36. The maximum absolute atomic E-state index is 6.17. The zero-order valence-electron chi connectivity index (χ0n) is 11.7. The van der Waals surface area contributed by atoms with Crippen molar-refractivity contribution in [1.29, 1.82) is 0 Å². The second-order valence-corrected chi connectivity index (χ2v) is 6.00. The molecule has 2 rings (SSSR count). The molecule has 0 atom stereocenters. The van der Waals surface area contributed by atoms with Crippen molar-refractivity contribution in [3.05, 3.63) is 18.2 Å². The van der Waals surface area contributed by atoms with Crippen LogP contribution in [0.5, 0.6) is 0 Å². The number of piperidine rings is 1. The van der Waals surface area contributed by atoms with Crippen LogP contribution in [-0.2, 0) is 4.74 Å². The van der Waals surface area contributed by atoms with Crippen molar-refractivity contribution in [1.82, 2.24) is 4.72 Å². The fraction of sp³-hybridized carbons (Fsp3) is 0.571. The minimum Gasteiger partial charge on any atom is -0.397 e. The maximum Gasteiger partial charge on any atom is 0.0600 e. The molecule has 1 fully saturated rings. The first-order chi connectivity index (χ1) is 9.24. The quantitative estimate of drug-likeness (QED) is 0.641. The van der Waals surface area contributed by atoms with Gasteiger partial charge in [0.05, 0.1) is 11.4 Å². The highest BCUT2D eigenvalue weighted by atomic mass is 32.2. The van der Waals surface area contributed by atoms with E-state index in [2.05, 4.69) is 21.8 Å². The van der Waals surface area contributed by atoms with Crippen LogP contribution in [0.2, 0.25) is 0 Å². The molecule has 1 saturated heterocycles. The van der Waals surface area contributed by atoms with Gasteiger partial charge in [0, 0.05) is 31.7 Å². The first-order valence-electron chi connectivity index (χ1n) is 6.71. The fourth-order valence-corrected chi connectivity index (χ4v) is 3.14. The molecule has 1 aliphatic heterocycles. The molecule has 1 aromatic carbocycles. The Labute approximate surface area is 119 Å². The third kappa shape index (κ3) is 3.78. The number of nitrogens with zero attached hydrogens (tertiary/aromatic N) is 1. The van der Waals surface area contributed by atoms with Crippen LogP contribution in [-0.4, -0.2) is 33.9 Å². The van der Waals surface area contributed by atoms with Crippen LogP contribution in [0.25, 0.3) is 0 Å². The van der Waals surface area contributed by atoms with Gasteiger partial charge in [-0.1, -0.05) is 0 Å². The summed E-state index contributed by atoms with van der Waals surface area (Å²) in [5.41, 5.74) is 8.20. The highest BCUT2D eigenvalue weighted by molar-refractivity contribution is 7.97. The van der Waals surface area contributed by atoms with Gasteiger partial charge in [0.15, 0.2) is 0 Å². The molecule has 0 aromatic heterocycles. The van der Waals surface area contributed by atoms with Gasteiger partial charge in [0.2, 0.25) is 0 Å². The Morgan fingerprint density at radius 3 is 2.74 bits per heavy atom. The van der Waals surface area contributed by atoms with Gasteiger partial charge in [-0.05, 0) is 56.0 Å². The Morgan fingerprint density at radius 1 is 1.42 bits per heavy atom. The molecule has 0 bridgehead atoms. The van der Waals surface area contributed by atoms with E-state index in [-0.39, 0.29) is 0 Å². The monoisotopic (exact) mass is 281 g/mol. The minimum atomic E-state index is 0.696. The lowest BCUT2D eigenvalue weighted by molar-refractivity contribution is 0.139. The third-order valence-electron chi connectivity index (χ3n) is 3.58. The smallest absolute Gasteiger partial charge is 0.0600 e. The second-order valence-electron chi connectivity index (χ2n) is 4.91. The summed E-state index contributed by atoms with van der Waals surface area (Å²) in [5, 5.41) is 0. The summed E-state index contributed by atoms with van der Waals surface area (Å²) in [6.45, 7) is 3.01. The van der Waals surface area contributed by atoms with Crippen LogP contribution in [0, 0.1) is 5.92 Å². The lowest BCUT2D eigenvalue weighted by Gasteiger charge is -2.34. The number of methoxy groups -OCH3 is 1. The first-order valence-corrected chi connectivity index (χ1v) is 7.53. The molecular weight excluding hydrogens is 258 g/mol. The molecule has 0 spiro atoms. The molecule has 106 valence electrons. The number of nitrogens with one attached hydrogen (secondary N) is 1. The summed E-state index contributed by atoms with van der Waals surface area (Å²) in [7, 11) is 3.69. The van der Waals surface area contributed by atoms with E-state index in [4.69, 9.17) is 10.5 Å². The van der Waals surface area contributed by atoms with E-state index < -0.39 is 0 Å². The Balaban J connectivity index is 1.99. The molecule has 1 aromatic rings. The summed E-state index contributed by atoms with van der Waals surface area (Å²) in [4.78, 5) is 3.54. The van der Waals surface area contributed by atoms with Crippen LogP contribution in [0.3, 0.4) is 0 Å². The molecule has 3 N–H and O–H groups in total. The van der Waals surface area contributed by atoms with Gasteiger partial charge in [0.25, 0.3) is 0 Å². The third-order valence-corrected chi connectivity index (χ3v) is 4.27. The topological polar surface area (TPSA) is 50.5 Å². The minimum absolute atomic E-state index is 0.696. The molecule has 0 saturated carbocycles. The Bertz CT molecular complexity index is 406. The first kappa shape index (κ1) is 14.5. The predicted octanol–water partition coefficient (Wildman–Crippen LogP) is 2.36. The average molecular weight is 281 g/mol. The molecule has 1 heterocycles. The fourth-order valence-electron chi connectivity index (χ4n) is 2.58. The normalized spacial score (nSPS) is 16.8. The number of anilines is 2. The lowest BCUT2D eigenvalue weighted by Crippen LogP contribution is -2.35. The van der Waals surface area contributed by atoms with Gasteiger partial charge in [-0.3, -0.25) is 4.72 Å². The maximum atomic E-state index is 6.17. The number of benzene rings is 1. The van der Waals surface area contributed by atoms with E-state index in [1.807, 2.05) is 13.1 Å². The summed E-state index contributed by atoms with van der Waals surface area (Å²) >= 11 is 1.59. The number of rotatable bonds is 5. The predicted molar refractivity (Wildman–Crippen MR) is 82.6 cm³/mol.